The zero-order valence-corrected chi connectivity index (χ0v) is 13.9. The van der Waals surface area contributed by atoms with Gasteiger partial charge in [0, 0.05) is 11.6 Å². The van der Waals surface area contributed by atoms with Crippen molar-refractivity contribution in [3.05, 3.63) is 65.2 Å². The molecule has 26 heavy (non-hydrogen) atoms. The summed E-state index contributed by atoms with van der Waals surface area (Å²) < 4.78 is 55.9. The van der Waals surface area contributed by atoms with Gasteiger partial charge in [0.25, 0.3) is 0 Å². The molecule has 2 aromatic carbocycles. The van der Waals surface area contributed by atoms with E-state index < -0.39 is 17.6 Å². The van der Waals surface area contributed by atoms with Gasteiger partial charge in [-0.3, -0.25) is 4.40 Å². The van der Waals surface area contributed by atoms with Crippen molar-refractivity contribution in [2.75, 3.05) is 0 Å². The lowest BCUT2D eigenvalue weighted by Gasteiger charge is -2.13. The molecule has 4 rings (SSSR count). The third kappa shape index (κ3) is 2.42. The SMILES string of the molecule is Cc1nc(-c2ccccc2C(F)(F)F)n2c1c(C)nc1ccc(F)cc12. The van der Waals surface area contributed by atoms with Gasteiger partial charge >= 0.3 is 6.18 Å². The molecule has 0 amide bonds. The Balaban J connectivity index is 2.20. The summed E-state index contributed by atoms with van der Waals surface area (Å²) >= 11 is 0. The number of aryl methyl sites for hydroxylation is 2. The molecule has 0 aliphatic rings. The maximum Gasteiger partial charge on any atom is 0.417 e. The largest absolute Gasteiger partial charge is 0.417 e. The molecule has 2 heterocycles. The molecule has 132 valence electrons. The van der Waals surface area contributed by atoms with E-state index in [1.54, 1.807) is 18.2 Å². The number of hydrogen-bond acceptors (Lipinski definition) is 2. The average Bonchev–Trinajstić information content (AvgIpc) is 2.93. The van der Waals surface area contributed by atoms with E-state index >= 15 is 0 Å². The summed E-state index contributed by atoms with van der Waals surface area (Å²) in [6.07, 6.45) is -4.53. The standard InChI is InChI=1S/C19H13F4N3/c1-10-17-11(2)25-18(13-5-3-4-6-14(13)19(21,22)23)26(17)16-9-12(20)7-8-15(16)24-10/h3-9H,1-2H3. The van der Waals surface area contributed by atoms with Crippen LogP contribution in [0.25, 0.3) is 27.9 Å². The number of halogens is 4. The summed E-state index contributed by atoms with van der Waals surface area (Å²) in [5.41, 5.74) is 1.75. The van der Waals surface area contributed by atoms with Crippen LogP contribution >= 0.6 is 0 Å². The van der Waals surface area contributed by atoms with Crippen LogP contribution in [0, 0.1) is 19.7 Å². The van der Waals surface area contributed by atoms with E-state index in [9.17, 15) is 17.6 Å². The fourth-order valence-corrected chi connectivity index (χ4v) is 3.30. The van der Waals surface area contributed by atoms with E-state index in [2.05, 4.69) is 9.97 Å². The fourth-order valence-electron chi connectivity index (χ4n) is 3.30. The maximum absolute atomic E-state index is 13.8. The lowest BCUT2D eigenvalue weighted by atomic mass is 10.1. The van der Waals surface area contributed by atoms with Crippen LogP contribution in [-0.2, 0) is 6.18 Å². The van der Waals surface area contributed by atoms with Crippen molar-refractivity contribution in [3.8, 4) is 11.4 Å². The van der Waals surface area contributed by atoms with Crippen LogP contribution in [0.1, 0.15) is 17.0 Å². The van der Waals surface area contributed by atoms with Gasteiger partial charge in [-0.25, -0.2) is 14.4 Å². The van der Waals surface area contributed by atoms with E-state index in [-0.39, 0.29) is 11.4 Å². The summed E-state index contributed by atoms with van der Waals surface area (Å²) in [4.78, 5) is 8.81. The topological polar surface area (TPSA) is 30.2 Å². The van der Waals surface area contributed by atoms with Gasteiger partial charge in [0.15, 0.2) is 0 Å². The van der Waals surface area contributed by atoms with E-state index in [4.69, 9.17) is 0 Å². The number of alkyl halides is 3. The normalized spacial score (nSPS) is 12.2. The molecule has 0 spiro atoms. The summed E-state index contributed by atoms with van der Waals surface area (Å²) in [7, 11) is 0. The van der Waals surface area contributed by atoms with E-state index in [0.29, 0.717) is 27.9 Å². The molecule has 0 atom stereocenters. The monoisotopic (exact) mass is 359 g/mol. The lowest BCUT2D eigenvalue weighted by molar-refractivity contribution is -0.137. The second kappa shape index (κ2) is 5.52. The number of rotatable bonds is 1. The maximum atomic E-state index is 13.8. The highest BCUT2D eigenvalue weighted by atomic mass is 19.4. The molecule has 0 saturated heterocycles. The third-order valence-electron chi connectivity index (χ3n) is 4.33. The van der Waals surface area contributed by atoms with Crippen molar-refractivity contribution < 1.29 is 17.6 Å². The van der Waals surface area contributed by atoms with Crippen LogP contribution in [0.2, 0.25) is 0 Å². The minimum atomic E-state index is -4.53. The zero-order valence-electron chi connectivity index (χ0n) is 13.9. The predicted molar refractivity (Wildman–Crippen MR) is 90.4 cm³/mol. The Morgan fingerprint density at radius 1 is 0.923 bits per heavy atom. The van der Waals surface area contributed by atoms with Crippen LogP contribution in [0.5, 0.6) is 0 Å². The summed E-state index contributed by atoms with van der Waals surface area (Å²) in [5, 5.41) is 0. The minimum absolute atomic E-state index is 0.0562. The Labute approximate surface area is 145 Å². The number of imidazole rings is 1. The van der Waals surface area contributed by atoms with E-state index in [0.717, 1.165) is 6.07 Å². The van der Waals surface area contributed by atoms with Crippen molar-refractivity contribution in [3.63, 3.8) is 0 Å². The minimum Gasteiger partial charge on any atom is -0.289 e. The van der Waals surface area contributed by atoms with Gasteiger partial charge in [0.1, 0.15) is 11.6 Å². The van der Waals surface area contributed by atoms with Gasteiger partial charge in [-0.2, -0.15) is 13.2 Å². The molecular weight excluding hydrogens is 346 g/mol. The smallest absolute Gasteiger partial charge is 0.289 e. The number of fused-ring (bicyclic) bond motifs is 3. The molecule has 0 unspecified atom stereocenters. The van der Waals surface area contributed by atoms with Crippen LogP contribution in [0.3, 0.4) is 0 Å². The first kappa shape index (κ1) is 16.5. The Hall–Kier alpha value is -2.96. The fraction of sp³-hybridized carbons (Fsp3) is 0.158. The van der Waals surface area contributed by atoms with Gasteiger partial charge < -0.3 is 0 Å². The van der Waals surface area contributed by atoms with Gasteiger partial charge in [-0.05, 0) is 32.0 Å². The molecule has 7 heteroatoms. The predicted octanol–water partition coefficient (Wildman–Crippen LogP) is 5.32. The highest BCUT2D eigenvalue weighted by Crippen LogP contribution is 2.38. The van der Waals surface area contributed by atoms with Gasteiger partial charge in [-0.1, -0.05) is 18.2 Å². The molecule has 0 radical (unpaired) electrons. The number of hydrogen-bond donors (Lipinski definition) is 0. The van der Waals surface area contributed by atoms with Crippen LogP contribution < -0.4 is 0 Å². The Kier molecular flexibility index (Phi) is 3.50. The lowest BCUT2D eigenvalue weighted by Crippen LogP contribution is -2.08. The van der Waals surface area contributed by atoms with E-state index in [1.165, 1.54) is 36.4 Å². The molecule has 0 aliphatic carbocycles. The Bertz CT molecular complexity index is 1160. The third-order valence-corrected chi connectivity index (χ3v) is 4.33. The van der Waals surface area contributed by atoms with Crippen LogP contribution in [0.4, 0.5) is 17.6 Å². The van der Waals surface area contributed by atoms with E-state index in [1.807, 2.05) is 0 Å². The van der Waals surface area contributed by atoms with Crippen molar-refractivity contribution >= 4 is 16.6 Å². The molecule has 0 bridgehead atoms. The van der Waals surface area contributed by atoms with Crippen LogP contribution in [0.15, 0.2) is 42.5 Å². The first-order valence-corrected chi connectivity index (χ1v) is 7.89. The van der Waals surface area contributed by atoms with Crippen LogP contribution in [-0.4, -0.2) is 14.4 Å². The molecular formula is C19H13F4N3. The molecule has 3 nitrogen and oxygen atoms in total. The van der Waals surface area contributed by atoms with Crippen molar-refractivity contribution in [1.29, 1.82) is 0 Å². The highest BCUT2D eigenvalue weighted by Gasteiger charge is 2.34. The second-order valence-corrected chi connectivity index (χ2v) is 6.08. The van der Waals surface area contributed by atoms with Gasteiger partial charge in [0.2, 0.25) is 0 Å². The number of benzene rings is 2. The molecule has 0 saturated carbocycles. The summed E-state index contributed by atoms with van der Waals surface area (Å²) in [6.45, 7) is 3.46. The zero-order chi connectivity index (χ0) is 18.6. The van der Waals surface area contributed by atoms with Crippen molar-refractivity contribution in [1.82, 2.24) is 14.4 Å². The Morgan fingerprint density at radius 3 is 2.35 bits per heavy atom. The molecule has 0 N–H and O–H groups in total. The van der Waals surface area contributed by atoms with Gasteiger partial charge in [-0.15, -0.1) is 0 Å². The van der Waals surface area contributed by atoms with Crippen molar-refractivity contribution in [2.45, 2.75) is 20.0 Å². The number of aromatic nitrogens is 3. The first-order chi connectivity index (χ1) is 12.3. The first-order valence-electron chi connectivity index (χ1n) is 7.89. The van der Waals surface area contributed by atoms with Gasteiger partial charge in [0.05, 0.1) is 33.5 Å². The number of nitrogens with zero attached hydrogens (tertiary/aromatic N) is 3. The molecule has 0 aliphatic heterocycles. The molecule has 2 aromatic heterocycles. The summed E-state index contributed by atoms with van der Waals surface area (Å²) in [5.74, 6) is -0.377. The average molecular weight is 359 g/mol. The van der Waals surface area contributed by atoms with Crippen molar-refractivity contribution in [2.24, 2.45) is 0 Å². The molecule has 0 fully saturated rings. The Morgan fingerprint density at radius 2 is 1.62 bits per heavy atom. The molecule has 4 aromatic rings. The highest BCUT2D eigenvalue weighted by molar-refractivity contribution is 5.84. The quantitative estimate of drug-likeness (QED) is 0.430. The second-order valence-electron chi connectivity index (χ2n) is 6.08. The summed E-state index contributed by atoms with van der Waals surface area (Å²) in [6, 6.07) is 9.28.